The van der Waals surface area contributed by atoms with Crippen LogP contribution in [0.15, 0.2) is 35.2 Å². The Morgan fingerprint density at radius 1 is 1.22 bits per heavy atom. The molecule has 0 spiro atoms. The van der Waals surface area contributed by atoms with E-state index < -0.39 is 0 Å². The molecule has 1 nitrogen and oxygen atoms in total. The minimum atomic E-state index is -0.0613. The van der Waals surface area contributed by atoms with Crippen LogP contribution >= 0.6 is 0 Å². The smallest absolute Gasteiger partial charge is 0.101 e. The average molecular weight is 251 g/mol. The monoisotopic (exact) mass is 251 g/mol. The van der Waals surface area contributed by atoms with E-state index in [1.165, 1.54) is 18.4 Å². The van der Waals surface area contributed by atoms with Gasteiger partial charge in [-0.25, -0.2) is 4.39 Å². The van der Waals surface area contributed by atoms with Crippen LogP contribution in [0.1, 0.15) is 40.5 Å². The highest BCUT2D eigenvalue weighted by molar-refractivity contribution is 5.29. The van der Waals surface area contributed by atoms with Crippen molar-refractivity contribution in [2.75, 3.05) is 19.6 Å². The molecule has 0 aromatic rings. The van der Waals surface area contributed by atoms with Gasteiger partial charge < -0.3 is 0 Å². The molecule has 2 heteroatoms. The van der Waals surface area contributed by atoms with E-state index in [1.807, 2.05) is 32.1 Å². The van der Waals surface area contributed by atoms with Crippen LogP contribution < -0.4 is 0 Å². The maximum atomic E-state index is 13.5. The lowest BCUT2D eigenvalue weighted by Crippen LogP contribution is -2.34. The van der Waals surface area contributed by atoms with Gasteiger partial charge in [0.05, 0.1) is 0 Å². The molecule has 102 valence electrons. The molecule has 18 heavy (non-hydrogen) atoms. The summed E-state index contributed by atoms with van der Waals surface area (Å²) in [5.74, 6) is 0.759. The van der Waals surface area contributed by atoms with Gasteiger partial charge in [0.15, 0.2) is 0 Å². The van der Waals surface area contributed by atoms with Crippen LogP contribution in [0.25, 0.3) is 0 Å². The zero-order valence-corrected chi connectivity index (χ0v) is 12.2. The maximum absolute atomic E-state index is 13.5. The highest BCUT2D eigenvalue weighted by atomic mass is 19.1. The molecule has 0 saturated carbocycles. The molecule has 0 atom stereocenters. The topological polar surface area (TPSA) is 3.24 Å². The molecule has 0 bridgehead atoms. The van der Waals surface area contributed by atoms with Gasteiger partial charge in [0.1, 0.15) is 5.83 Å². The summed E-state index contributed by atoms with van der Waals surface area (Å²) >= 11 is 0. The van der Waals surface area contributed by atoms with Gasteiger partial charge in [-0.1, -0.05) is 30.7 Å². The van der Waals surface area contributed by atoms with E-state index in [1.54, 1.807) is 6.92 Å². The predicted octanol–water partition coefficient (Wildman–Crippen LogP) is 4.48. The molecular formula is C16H26FN. The van der Waals surface area contributed by atoms with E-state index in [-0.39, 0.29) is 5.83 Å². The fraction of sp³-hybridized carbons (Fsp3) is 0.625. The molecule has 0 aromatic heterocycles. The number of piperidine rings is 1. The molecule has 0 radical (unpaired) electrons. The third kappa shape index (κ3) is 5.18. The number of allylic oxidation sites excluding steroid dienone is 4. The van der Waals surface area contributed by atoms with Crippen molar-refractivity contribution < 1.29 is 4.39 Å². The first-order valence-corrected chi connectivity index (χ1v) is 6.91. The van der Waals surface area contributed by atoms with E-state index in [2.05, 4.69) is 11.8 Å². The lowest BCUT2D eigenvalue weighted by atomic mass is 9.98. The molecule has 1 heterocycles. The van der Waals surface area contributed by atoms with Gasteiger partial charge in [-0.05, 0) is 58.2 Å². The Morgan fingerprint density at radius 3 is 2.33 bits per heavy atom. The van der Waals surface area contributed by atoms with E-state index >= 15 is 0 Å². The molecule has 1 rings (SSSR count). The van der Waals surface area contributed by atoms with Crippen LogP contribution in [0.4, 0.5) is 4.39 Å². The first-order chi connectivity index (χ1) is 8.52. The second-order valence-electron chi connectivity index (χ2n) is 5.38. The quantitative estimate of drug-likeness (QED) is 0.666. The summed E-state index contributed by atoms with van der Waals surface area (Å²) in [7, 11) is 0. The summed E-state index contributed by atoms with van der Waals surface area (Å²) in [6.45, 7) is 10.8. The van der Waals surface area contributed by atoms with E-state index in [4.69, 9.17) is 0 Å². The van der Waals surface area contributed by atoms with Crippen LogP contribution in [-0.4, -0.2) is 24.5 Å². The summed E-state index contributed by atoms with van der Waals surface area (Å²) < 4.78 is 13.5. The summed E-state index contributed by atoms with van der Waals surface area (Å²) in [6, 6.07) is 0. The molecule has 0 N–H and O–H groups in total. The Hall–Kier alpha value is -0.890. The number of rotatable bonds is 4. The van der Waals surface area contributed by atoms with Crippen molar-refractivity contribution in [3.8, 4) is 0 Å². The summed E-state index contributed by atoms with van der Waals surface area (Å²) in [5.41, 5.74) is 1.98. The second-order valence-corrected chi connectivity index (χ2v) is 5.38. The number of hydrogen-bond acceptors (Lipinski definition) is 1. The largest absolute Gasteiger partial charge is 0.299 e. The van der Waals surface area contributed by atoms with Crippen molar-refractivity contribution in [3.05, 3.63) is 35.2 Å². The Morgan fingerprint density at radius 2 is 1.83 bits per heavy atom. The SMILES string of the molecule is C\C=C(C)/C=C\C(CN1CCC(C)CC1)=C(/C)F. The highest BCUT2D eigenvalue weighted by Crippen LogP contribution is 2.19. The average Bonchev–Trinajstić information content (AvgIpc) is 2.35. The molecule has 0 unspecified atom stereocenters. The minimum Gasteiger partial charge on any atom is -0.299 e. The van der Waals surface area contributed by atoms with Crippen LogP contribution in [0.3, 0.4) is 0 Å². The van der Waals surface area contributed by atoms with Gasteiger partial charge >= 0.3 is 0 Å². The van der Waals surface area contributed by atoms with Crippen LogP contribution in [-0.2, 0) is 0 Å². The zero-order chi connectivity index (χ0) is 13.5. The van der Waals surface area contributed by atoms with Crippen molar-refractivity contribution in [2.45, 2.75) is 40.5 Å². The van der Waals surface area contributed by atoms with Gasteiger partial charge in [0.25, 0.3) is 0 Å². The lowest BCUT2D eigenvalue weighted by Gasteiger charge is -2.30. The van der Waals surface area contributed by atoms with Crippen molar-refractivity contribution in [2.24, 2.45) is 5.92 Å². The Labute approximate surface area is 111 Å². The predicted molar refractivity (Wildman–Crippen MR) is 77.2 cm³/mol. The van der Waals surface area contributed by atoms with E-state index in [9.17, 15) is 4.39 Å². The molecule has 1 aliphatic rings. The highest BCUT2D eigenvalue weighted by Gasteiger charge is 2.16. The molecule has 1 fully saturated rings. The Kier molecular flexibility index (Phi) is 6.34. The first kappa shape index (κ1) is 15.2. The van der Waals surface area contributed by atoms with Crippen LogP contribution in [0.5, 0.6) is 0 Å². The van der Waals surface area contributed by atoms with Crippen molar-refractivity contribution in [1.29, 1.82) is 0 Å². The van der Waals surface area contributed by atoms with Crippen molar-refractivity contribution in [1.82, 2.24) is 4.90 Å². The van der Waals surface area contributed by atoms with Gasteiger partial charge in [-0.2, -0.15) is 0 Å². The third-order valence-electron chi connectivity index (χ3n) is 3.72. The third-order valence-corrected chi connectivity index (χ3v) is 3.72. The van der Waals surface area contributed by atoms with Gasteiger partial charge in [-0.15, -0.1) is 0 Å². The molecular weight excluding hydrogens is 225 g/mol. The fourth-order valence-corrected chi connectivity index (χ4v) is 2.07. The lowest BCUT2D eigenvalue weighted by molar-refractivity contribution is 0.206. The normalized spacial score (nSPS) is 21.5. The molecule has 1 aliphatic heterocycles. The van der Waals surface area contributed by atoms with E-state index in [0.29, 0.717) is 0 Å². The molecule has 0 aromatic carbocycles. The van der Waals surface area contributed by atoms with Crippen molar-refractivity contribution >= 4 is 0 Å². The maximum Gasteiger partial charge on any atom is 0.101 e. The fourth-order valence-electron chi connectivity index (χ4n) is 2.07. The number of likely N-dealkylation sites (tertiary alicyclic amines) is 1. The van der Waals surface area contributed by atoms with Gasteiger partial charge in [0.2, 0.25) is 0 Å². The molecule has 0 aliphatic carbocycles. The second kappa shape index (κ2) is 7.52. The summed E-state index contributed by atoms with van der Waals surface area (Å²) in [6.07, 6.45) is 8.41. The van der Waals surface area contributed by atoms with Crippen LogP contribution in [0.2, 0.25) is 0 Å². The summed E-state index contributed by atoms with van der Waals surface area (Å²) in [5, 5.41) is 0. The number of nitrogens with zero attached hydrogens (tertiary/aromatic N) is 1. The number of halogens is 1. The van der Waals surface area contributed by atoms with Crippen molar-refractivity contribution in [3.63, 3.8) is 0 Å². The summed E-state index contributed by atoms with van der Waals surface area (Å²) in [4.78, 5) is 2.35. The minimum absolute atomic E-state index is 0.0613. The number of hydrogen-bond donors (Lipinski definition) is 0. The van der Waals surface area contributed by atoms with E-state index in [0.717, 1.165) is 31.1 Å². The van der Waals surface area contributed by atoms with Gasteiger partial charge in [-0.3, -0.25) is 4.90 Å². The Bertz CT molecular complexity index is 340. The molecule has 0 amide bonds. The Balaban J connectivity index is 2.60. The zero-order valence-electron chi connectivity index (χ0n) is 12.2. The first-order valence-electron chi connectivity index (χ1n) is 6.91. The standard InChI is InChI=1S/C16H26FN/c1-5-13(2)6-7-16(15(4)17)12-18-10-8-14(3)9-11-18/h5-7,14H,8-12H2,1-4H3/b7-6-,13-5-,16-15-. The van der Waals surface area contributed by atoms with Crippen LogP contribution in [0, 0.1) is 5.92 Å². The molecule has 1 saturated heterocycles. The van der Waals surface area contributed by atoms with Gasteiger partial charge in [0, 0.05) is 6.54 Å².